The standard InChI is InChI=1S/C17H13FN4S/c1-11-20-21-16-17(23-10-12-5-4-6-13(18)9-12)19-14-7-2-3-8-15(14)22(11)16/h2-9H,10H2,1H3. The first-order chi connectivity index (χ1) is 11.2. The second-order valence-electron chi connectivity index (χ2n) is 5.23. The summed E-state index contributed by atoms with van der Waals surface area (Å²) in [6.07, 6.45) is 0. The summed E-state index contributed by atoms with van der Waals surface area (Å²) >= 11 is 1.54. The normalized spacial score (nSPS) is 11.4. The maximum Gasteiger partial charge on any atom is 0.193 e. The van der Waals surface area contributed by atoms with Crippen LogP contribution >= 0.6 is 11.8 Å². The summed E-state index contributed by atoms with van der Waals surface area (Å²) in [5.41, 5.74) is 3.53. The van der Waals surface area contributed by atoms with Gasteiger partial charge in [-0.25, -0.2) is 9.37 Å². The fraction of sp³-hybridized carbons (Fsp3) is 0.118. The predicted molar refractivity (Wildman–Crippen MR) is 89.0 cm³/mol. The van der Waals surface area contributed by atoms with Crippen molar-refractivity contribution in [2.75, 3.05) is 0 Å². The van der Waals surface area contributed by atoms with Crippen molar-refractivity contribution in [1.29, 1.82) is 0 Å². The van der Waals surface area contributed by atoms with E-state index >= 15 is 0 Å². The molecule has 6 heteroatoms. The number of benzene rings is 2. The molecule has 0 amide bonds. The van der Waals surface area contributed by atoms with Crippen molar-refractivity contribution < 1.29 is 4.39 Å². The highest BCUT2D eigenvalue weighted by molar-refractivity contribution is 7.98. The van der Waals surface area contributed by atoms with Crippen molar-refractivity contribution in [3.8, 4) is 0 Å². The molecule has 0 atom stereocenters. The summed E-state index contributed by atoms with van der Waals surface area (Å²) in [7, 11) is 0. The monoisotopic (exact) mass is 324 g/mol. The molecular formula is C17H13FN4S. The first-order valence-electron chi connectivity index (χ1n) is 7.20. The van der Waals surface area contributed by atoms with E-state index in [4.69, 9.17) is 4.98 Å². The maximum absolute atomic E-state index is 13.3. The minimum atomic E-state index is -0.224. The van der Waals surface area contributed by atoms with Gasteiger partial charge in [0, 0.05) is 5.75 Å². The number of fused-ring (bicyclic) bond motifs is 3. The lowest BCUT2D eigenvalue weighted by Crippen LogP contribution is -1.96. The van der Waals surface area contributed by atoms with Crippen LogP contribution in [-0.2, 0) is 5.75 Å². The molecule has 0 spiro atoms. The van der Waals surface area contributed by atoms with Crippen LogP contribution in [0.25, 0.3) is 16.7 Å². The summed E-state index contributed by atoms with van der Waals surface area (Å²) in [5.74, 6) is 1.23. The molecule has 0 bridgehead atoms. The zero-order chi connectivity index (χ0) is 15.8. The van der Waals surface area contributed by atoms with Gasteiger partial charge in [-0.2, -0.15) is 0 Å². The minimum Gasteiger partial charge on any atom is -0.275 e. The Morgan fingerprint density at radius 1 is 1.09 bits per heavy atom. The van der Waals surface area contributed by atoms with Crippen LogP contribution in [0.3, 0.4) is 0 Å². The zero-order valence-corrected chi connectivity index (χ0v) is 13.2. The van der Waals surface area contributed by atoms with Gasteiger partial charge in [-0.1, -0.05) is 36.0 Å². The third-order valence-corrected chi connectivity index (χ3v) is 4.65. The average Bonchev–Trinajstić information content (AvgIpc) is 2.95. The van der Waals surface area contributed by atoms with Gasteiger partial charge in [0.2, 0.25) is 0 Å². The van der Waals surface area contributed by atoms with Gasteiger partial charge in [0.05, 0.1) is 11.0 Å². The summed E-state index contributed by atoms with van der Waals surface area (Å²) in [6.45, 7) is 1.92. The number of thioether (sulfide) groups is 1. The number of rotatable bonds is 3. The smallest absolute Gasteiger partial charge is 0.193 e. The van der Waals surface area contributed by atoms with Gasteiger partial charge in [0.25, 0.3) is 0 Å². The van der Waals surface area contributed by atoms with E-state index in [-0.39, 0.29) is 5.82 Å². The van der Waals surface area contributed by atoms with Gasteiger partial charge in [-0.3, -0.25) is 4.40 Å². The van der Waals surface area contributed by atoms with Crippen LogP contribution < -0.4 is 0 Å². The fourth-order valence-electron chi connectivity index (χ4n) is 2.57. The summed E-state index contributed by atoms with van der Waals surface area (Å²) < 4.78 is 15.3. The number of para-hydroxylation sites is 2. The molecule has 0 N–H and O–H groups in total. The number of aromatic nitrogens is 4. The molecule has 0 aliphatic carbocycles. The van der Waals surface area contributed by atoms with Gasteiger partial charge in [0.15, 0.2) is 5.65 Å². The van der Waals surface area contributed by atoms with E-state index in [0.717, 1.165) is 33.1 Å². The highest BCUT2D eigenvalue weighted by Gasteiger charge is 2.13. The van der Waals surface area contributed by atoms with Crippen LogP contribution in [0, 0.1) is 12.7 Å². The summed E-state index contributed by atoms with van der Waals surface area (Å²) in [6, 6.07) is 14.5. The molecule has 23 heavy (non-hydrogen) atoms. The van der Waals surface area contributed by atoms with Gasteiger partial charge < -0.3 is 0 Å². The number of nitrogens with zero attached hydrogens (tertiary/aromatic N) is 4. The average molecular weight is 324 g/mol. The first-order valence-corrected chi connectivity index (χ1v) is 8.18. The van der Waals surface area contributed by atoms with Crippen molar-refractivity contribution in [2.45, 2.75) is 17.7 Å². The third-order valence-electron chi connectivity index (χ3n) is 3.63. The van der Waals surface area contributed by atoms with Crippen LogP contribution in [0.1, 0.15) is 11.4 Å². The Hall–Kier alpha value is -2.47. The molecule has 0 unspecified atom stereocenters. The second kappa shape index (κ2) is 5.62. The van der Waals surface area contributed by atoms with Gasteiger partial charge in [0.1, 0.15) is 16.7 Å². The van der Waals surface area contributed by atoms with Crippen molar-refractivity contribution >= 4 is 28.4 Å². The van der Waals surface area contributed by atoms with Gasteiger partial charge in [-0.05, 0) is 36.8 Å². The lowest BCUT2D eigenvalue weighted by atomic mass is 10.2. The van der Waals surface area contributed by atoms with Crippen LogP contribution in [0.2, 0.25) is 0 Å². The van der Waals surface area contributed by atoms with Crippen molar-refractivity contribution in [3.05, 3.63) is 65.7 Å². The van der Waals surface area contributed by atoms with E-state index in [1.807, 2.05) is 41.7 Å². The Balaban J connectivity index is 1.79. The lowest BCUT2D eigenvalue weighted by molar-refractivity contribution is 0.626. The molecule has 2 aromatic carbocycles. The SMILES string of the molecule is Cc1nnc2c(SCc3cccc(F)c3)nc3ccccc3n12. The molecule has 0 aliphatic rings. The highest BCUT2D eigenvalue weighted by atomic mass is 32.2. The third kappa shape index (κ3) is 2.55. The molecule has 4 rings (SSSR count). The van der Waals surface area contributed by atoms with Crippen molar-refractivity contribution in [1.82, 2.24) is 19.6 Å². The number of hydrogen-bond donors (Lipinski definition) is 0. The lowest BCUT2D eigenvalue weighted by Gasteiger charge is -2.07. The molecule has 0 radical (unpaired) electrons. The Bertz CT molecular complexity index is 1010. The summed E-state index contributed by atoms with van der Waals surface area (Å²) in [4.78, 5) is 4.70. The van der Waals surface area contributed by atoms with E-state index in [1.54, 1.807) is 12.1 Å². The molecule has 2 aromatic heterocycles. The zero-order valence-electron chi connectivity index (χ0n) is 12.4. The quantitative estimate of drug-likeness (QED) is 0.534. The van der Waals surface area contributed by atoms with E-state index in [1.165, 1.54) is 17.8 Å². The van der Waals surface area contributed by atoms with Crippen LogP contribution in [-0.4, -0.2) is 19.6 Å². The second-order valence-corrected chi connectivity index (χ2v) is 6.19. The predicted octanol–water partition coefficient (Wildman–Crippen LogP) is 4.02. The van der Waals surface area contributed by atoms with Crippen LogP contribution in [0.15, 0.2) is 53.6 Å². The van der Waals surface area contributed by atoms with Crippen molar-refractivity contribution in [2.24, 2.45) is 0 Å². The molecule has 4 nitrogen and oxygen atoms in total. The minimum absolute atomic E-state index is 0.224. The Morgan fingerprint density at radius 3 is 2.83 bits per heavy atom. The Labute approximate surface area is 136 Å². The molecular weight excluding hydrogens is 311 g/mol. The van der Waals surface area contributed by atoms with Crippen LogP contribution in [0.4, 0.5) is 4.39 Å². The number of aryl methyl sites for hydroxylation is 1. The molecule has 2 heterocycles. The Kier molecular flexibility index (Phi) is 3.46. The van der Waals surface area contributed by atoms with Gasteiger partial charge in [-0.15, -0.1) is 10.2 Å². The molecule has 0 aliphatic heterocycles. The van der Waals surface area contributed by atoms with E-state index in [9.17, 15) is 4.39 Å². The van der Waals surface area contributed by atoms with Gasteiger partial charge >= 0.3 is 0 Å². The molecule has 0 saturated heterocycles. The van der Waals surface area contributed by atoms with E-state index in [2.05, 4.69) is 10.2 Å². The fourth-order valence-corrected chi connectivity index (χ4v) is 3.48. The Morgan fingerprint density at radius 2 is 1.96 bits per heavy atom. The highest BCUT2D eigenvalue weighted by Crippen LogP contribution is 2.28. The first kappa shape index (κ1) is 14.1. The maximum atomic E-state index is 13.3. The molecule has 0 saturated carbocycles. The van der Waals surface area contributed by atoms with Crippen LogP contribution in [0.5, 0.6) is 0 Å². The largest absolute Gasteiger partial charge is 0.275 e. The molecule has 4 aromatic rings. The number of hydrogen-bond acceptors (Lipinski definition) is 4. The molecule has 0 fully saturated rings. The van der Waals surface area contributed by atoms with E-state index in [0.29, 0.717) is 5.75 Å². The summed E-state index contributed by atoms with van der Waals surface area (Å²) in [5, 5.41) is 9.23. The van der Waals surface area contributed by atoms with E-state index < -0.39 is 0 Å². The number of halogens is 1. The molecule has 114 valence electrons. The van der Waals surface area contributed by atoms with Crippen molar-refractivity contribution in [3.63, 3.8) is 0 Å². The topological polar surface area (TPSA) is 43.1 Å².